The third-order valence-corrected chi connectivity index (χ3v) is 3.02. The van der Waals surface area contributed by atoms with E-state index in [1.54, 1.807) is 4.90 Å². The number of anilines is 1. The van der Waals surface area contributed by atoms with Gasteiger partial charge in [0.05, 0.1) is 0 Å². The first-order valence-corrected chi connectivity index (χ1v) is 6.50. The van der Waals surface area contributed by atoms with Gasteiger partial charge in [-0.05, 0) is 56.9 Å². The Morgan fingerprint density at radius 2 is 1.83 bits per heavy atom. The molecule has 0 radical (unpaired) electrons. The summed E-state index contributed by atoms with van der Waals surface area (Å²) in [5, 5.41) is 0. The highest BCUT2D eigenvalue weighted by Gasteiger charge is 2.11. The Kier molecular flexibility index (Phi) is 5.35. The number of aryl methyl sites for hydroxylation is 2. The number of hydrogen-bond acceptors (Lipinski definition) is 2. The number of nitrogens with two attached hydrogens (primary N) is 1. The summed E-state index contributed by atoms with van der Waals surface area (Å²) in [6.45, 7) is 6.06. The second-order valence-corrected chi connectivity index (χ2v) is 5.17. The summed E-state index contributed by atoms with van der Waals surface area (Å²) >= 11 is 0. The number of benzene rings is 1. The van der Waals surface area contributed by atoms with Crippen LogP contribution in [0.5, 0.6) is 0 Å². The molecule has 1 aromatic rings. The predicted molar refractivity (Wildman–Crippen MR) is 76.8 cm³/mol. The molecule has 0 bridgehead atoms. The van der Waals surface area contributed by atoms with Gasteiger partial charge < -0.3 is 10.6 Å². The standard InChI is InChI=1S/C15H24N2O/c1-11-8-12(2)10-14(9-11)17(4)15(18)7-5-6-13(3)16/h8-10,13H,5-7,16H2,1-4H3. The Morgan fingerprint density at radius 3 is 2.33 bits per heavy atom. The first kappa shape index (κ1) is 14.7. The SMILES string of the molecule is Cc1cc(C)cc(N(C)C(=O)CCCC(C)N)c1. The molecule has 100 valence electrons. The molecule has 0 saturated carbocycles. The van der Waals surface area contributed by atoms with Crippen LogP contribution in [0.15, 0.2) is 18.2 Å². The van der Waals surface area contributed by atoms with E-state index in [1.807, 2.05) is 40.0 Å². The Morgan fingerprint density at radius 1 is 1.28 bits per heavy atom. The quantitative estimate of drug-likeness (QED) is 0.871. The number of nitrogens with zero attached hydrogens (tertiary/aromatic N) is 1. The van der Waals surface area contributed by atoms with Crippen molar-refractivity contribution in [1.82, 2.24) is 0 Å². The Hall–Kier alpha value is -1.35. The van der Waals surface area contributed by atoms with Crippen LogP contribution in [-0.4, -0.2) is 19.0 Å². The molecule has 1 aromatic carbocycles. The lowest BCUT2D eigenvalue weighted by Crippen LogP contribution is -2.26. The maximum absolute atomic E-state index is 12.0. The fraction of sp³-hybridized carbons (Fsp3) is 0.533. The predicted octanol–water partition coefficient (Wildman–Crippen LogP) is 2.78. The van der Waals surface area contributed by atoms with E-state index in [0.29, 0.717) is 6.42 Å². The zero-order valence-corrected chi connectivity index (χ0v) is 11.9. The topological polar surface area (TPSA) is 46.3 Å². The Labute approximate surface area is 110 Å². The van der Waals surface area contributed by atoms with E-state index in [1.165, 1.54) is 11.1 Å². The van der Waals surface area contributed by atoms with Crippen LogP contribution in [0, 0.1) is 13.8 Å². The molecule has 1 rings (SSSR count). The van der Waals surface area contributed by atoms with Crippen molar-refractivity contribution in [3.05, 3.63) is 29.3 Å². The van der Waals surface area contributed by atoms with Crippen molar-refractivity contribution in [1.29, 1.82) is 0 Å². The van der Waals surface area contributed by atoms with Crippen molar-refractivity contribution >= 4 is 11.6 Å². The van der Waals surface area contributed by atoms with Crippen LogP contribution in [0.3, 0.4) is 0 Å². The van der Waals surface area contributed by atoms with E-state index in [9.17, 15) is 4.79 Å². The fourth-order valence-corrected chi connectivity index (χ4v) is 2.03. The highest BCUT2D eigenvalue weighted by atomic mass is 16.2. The van der Waals surface area contributed by atoms with Gasteiger partial charge in [0, 0.05) is 25.2 Å². The van der Waals surface area contributed by atoms with E-state index in [2.05, 4.69) is 6.07 Å². The van der Waals surface area contributed by atoms with Gasteiger partial charge in [0.25, 0.3) is 0 Å². The fourth-order valence-electron chi connectivity index (χ4n) is 2.03. The molecule has 3 nitrogen and oxygen atoms in total. The molecular formula is C15H24N2O. The van der Waals surface area contributed by atoms with Gasteiger partial charge in [-0.3, -0.25) is 4.79 Å². The molecule has 0 aliphatic carbocycles. The van der Waals surface area contributed by atoms with Crippen molar-refractivity contribution in [2.24, 2.45) is 5.73 Å². The highest BCUT2D eigenvalue weighted by Crippen LogP contribution is 2.18. The van der Waals surface area contributed by atoms with Gasteiger partial charge in [0.15, 0.2) is 0 Å². The summed E-state index contributed by atoms with van der Waals surface area (Å²) in [5.41, 5.74) is 9.01. The summed E-state index contributed by atoms with van der Waals surface area (Å²) < 4.78 is 0. The summed E-state index contributed by atoms with van der Waals surface area (Å²) in [6, 6.07) is 6.36. The van der Waals surface area contributed by atoms with Crippen LogP contribution < -0.4 is 10.6 Å². The van der Waals surface area contributed by atoms with E-state index in [4.69, 9.17) is 5.73 Å². The van der Waals surface area contributed by atoms with Crippen molar-refractivity contribution in [3.63, 3.8) is 0 Å². The lowest BCUT2D eigenvalue weighted by molar-refractivity contribution is -0.118. The van der Waals surface area contributed by atoms with Gasteiger partial charge in [-0.15, -0.1) is 0 Å². The molecule has 1 amide bonds. The number of amides is 1. The lowest BCUT2D eigenvalue weighted by Gasteiger charge is -2.19. The summed E-state index contributed by atoms with van der Waals surface area (Å²) in [5.74, 6) is 0.153. The van der Waals surface area contributed by atoms with Crippen LogP contribution in [0.25, 0.3) is 0 Å². The van der Waals surface area contributed by atoms with Gasteiger partial charge in [0.1, 0.15) is 0 Å². The summed E-state index contributed by atoms with van der Waals surface area (Å²) in [6.07, 6.45) is 2.31. The average molecular weight is 248 g/mol. The van der Waals surface area contributed by atoms with Gasteiger partial charge in [-0.1, -0.05) is 6.07 Å². The molecule has 0 fully saturated rings. The molecule has 0 aliphatic heterocycles. The molecular weight excluding hydrogens is 224 g/mol. The third kappa shape index (κ3) is 4.49. The minimum absolute atomic E-state index is 0.153. The molecule has 0 saturated heterocycles. The van der Waals surface area contributed by atoms with Crippen LogP contribution in [0.1, 0.15) is 37.3 Å². The summed E-state index contributed by atoms with van der Waals surface area (Å²) in [4.78, 5) is 13.8. The van der Waals surface area contributed by atoms with Gasteiger partial charge in [-0.2, -0.15) is 0 Å². The van der Waals surface area contributed by atoms with Crippen molar-refractivity contribution < 1.29 is 4.79 Å². The monoisotopic (exact) mass is 248 g/mol. The number of carbonyl (C=O) groups is 1. The maximum atomic E-state index is 12.0. The normalized spacial score (nSPS) is 12.3. The highest BCUT2D eigenvalue weighted by molar-refractivity contribution is 5.92. The smallest absolute Gasteiger partial charge is 0.226 e. The maximum Gasteiger partial charge on any atom is 0.226 e. The molecule has 0 heterocycles. The zero-order chi connectivity index (χ0) is 13.7. The zero-order valence-electron chi connectivity index (χ0n) is 11.9. The van der Waals surface area contributed by atoms with Crippen LogP contribution in [-0.2, 0) is 4.79 Å². The van der Waals surface area contributed by atoms with Crippen molar-refractivity contribution in [2.75, 3.05) is 11.9 Å². The van der Waals surface area contributed by atoms with Gasteiger partial charge in [0.2, 0.25) is 5.91 Å². The van der Waals surface area contributed by atoms with Crippen molar-refractivity contribution in [2.45, 2.75) is 46.1 Å². The van der Waals surface area contributed by atoms with Crippen LogP contribution in [0.2, 0.25) is 0 Å². The first-order valence-electron chi connectivity index (χ1n) is 6.50. The molecule has 1 unspecified atom stereocenters. The Balaban J connectivity index is 2.62. The Bertz CT molecular complexity index is 393. The minimum atomic E-state index is 0.153. The van der Waals surface area contributed by atoms with Crippen LogP contribution >= 0.6 is 0 Å². The van der Waals surface area contributed by atoms with Crippen molar-refractivity contribution in [3.8, 4) is 0 Å². The third-order valence-electron chi connectivity index (χ3n) is 3.02. The van der Waals surface area contributed by atoms with Gasteiger partial charge >= 0.3 is 0 Å². The average Bonchev–Trinajstić information content (AvgIpc) is 2.26. The molecule has 0 aromatic heterocycles. The van der Waals surface area contributed by atoms with E-state index in [-0.39, 0.29) is 11.9 Å². The van der Waals surface area contributed by atoms with Gasteiger partial charge in [-0.25, -0.2) is 0 Å². The lowest BCUT2D eigenvalue weighted by atomic mass is 10.1. The minimum Gasteiger partial charge on any atom is -0.328 e. The summed E-state index contributed by atoms with van der Waals surface area (Å²) in [7, 11) is 1.84. The molecule has 1 atom stereocenters. The van der Waals surface area contributed by atoms with E-state index >= 15 is 0 Å². The number of hydrogen-bond donors (Lipinski definition) is 1. The second kappa shape index (κ2) is 6.55. The first-order chi connectivity index (χ1) is 8.40. The number of rotatable bonds is 5. The van der Waals surface area contributed by atoms with E-state index in [0.717, 1.165) is 18.5 Å². The molecule has 0 spiro atoms. The molecule has 0 aliphatic rings. The van der Waals surface area contributed by atoms with Crippen LogP contribution in [0.4, 0.5) is 5.69 Å². The molecule has 3 heteroatoms. The second-order valence-electron chi connectivity index (χ2n) is 5.17. The van der Waals surface area contributed by atoms with E-state index < -0.39 is 0 Å². The number of carbonyl (C=O) groups excluding carboxylic acids is 1. The largest absolute Gasteiger partial charge is 0.328 e. The molecule has 2 N–H and O–H groups in total. The molecule has 18 heavy (non-hydrogen) atoms.